The number of unbranched alkanes of at least 4 members (excludes halogenated alkanes) is 2. The highest BCUT2D eigenvalue weighted by molar-refractivity contribution is 5.75. The fourth-order valence-electron chi connectivity index (χ4n) is 2.61. The fourth-order valence-corrected chi connectivity index (χ4v) is 2.61. The molecule has 1 aliphatic rings. The van der Waals surface area contributed by atoms with E-state index in [1.165, 1.54) is 0 Å². The van der Waals surface area contributed by atoms with Crippen LogP contribution in [0.1, 0.15) is 52.9 Å². The Labute approximate surface area is 121 Å². The summed E-state index contributed by atoms with van der Waals surface area (Å²) in [7, 11) is 0. The lowest BCUT2D eigenvalue weighted by molar-refractivity contribution is -0.143. The number of carboxylic acids is 1. The number of urea groups is 1. The van der Waals surface area contributed by atoms with Crippen LogP contribution in [0, 0.1) is 5.92 Å². The van der Waals surface area contributed by atoms with Gasteiger partial charge in [-0.05, 0) is 33.1 Å². The Hall–Kier alpha value is -1.26. The molecule has 0 aromatic carbocycles. The van der Waals surface area contributed by atoms with Crippen LogP contribution in [0.5, 0.6) is 0 Å². The third-order valence-electron chi connectivity index (χ3n) is 3.99. The van der Waals surface area contributed by atoms with Crippen molar-refractivity contribution in [3.05, 3.63) is 0 Å². The number of rotatable bonds is 6. The van der Waals surface area contributed by atoms with Crippen LogP contribution in [-0.2, 0) is 4.79 Å². The van der Waals surface area contributed by atoms with Gasteiger partial charge in [0.15, 0.2) is 0 Å². The summed E-state index contributed by atoms with van der Waals surface area (Å²) in [4.78, 5) is 27.2. The predicted octanol–water partition coefficient (Wildman–Crippen LogP) is 2.80. The molecule has 0 atom stereocenters. The molecule has 5 heteroatoms. The van der Waals surface area contributed by atoms with E-state index in [4.69, 9.17) is 5.11 Å². The number of aliphatic carboxylic acids is 1. The van der Waals surface area contributed by atoms with Crippen LogP contribution in [0.2, 0.25) is 0 Å². The van der Waals surface area contributed by atoms with E-state index >= 15 is 0 Å². The van der Waals surface area contributed by atoms with Crippen LogP contribution in [0.15, 0.2) is 0 Å². The van der Waals surface area contributed by atoms with Crippen molar-refractivity contribution in [3.8, 4) is 0 Å². The average molecular weight is 284 g/mol. The molecule has 116 valence electrons. The minimum atomic E-state index is -0.735. The summed E-state index contributed by atoms with van der Waals surface area (Å²) in [5.41, 5.74) is 0. The standard InChI is InChI=1S/C15H28N2O3/c1-4-5-6-9-17(12(2)3)15(20)16-10-7-13(8-11-16)14(18)19/h12-13H,4-11H2,1-3H3,(H,18,19). The van der Waals surface area contributed by atoms with Gasteiger partial charge in [-0.25, -0.2) is 4.79 Å². The summed E-state index contributed by atoms with van der Waals surface area (Å²) < 4.78 is 0. The molecule has 1 aliphatic heterocycles. The zero-order chi connectivity index (χ0) is 15.1. The molecule has 0 radical (unpaired) electrons. The van der Waals surface area contributed by atoms with E-state index in [-0.39, 0.29) is 18.0 Å². The first kappa shape index (κ1) is 16.8. The molecule has 1 heterocycles. The molecule has 0 spiro atoms. The maximum atomic E-state index is 12.5. The Balaban J connectivity index is 2.51. The molecule has 0 aromatic rings. The predicted molar refractivity (Wildman–Crippen MR) is 78.7 cm³/mol. The second-order valence-electron chi connectivity index (χ2n) is 5.88. The van der Waals surface area contributed by atoms with Crippen LogP contribution in [0.25, 0.3) is 0 Å². The van der Waals surface area contributed by atoms with Gasteiger partial charge in [0.1, 0.15) is 0 Å². The maximum absolute atomic E-state index is 12.5. The third-order valence-corrected chi connectivity index (χ3v) is 3.99. The number of carbonyl (C=O) groups excluding carboxylic acids is 1. The lowest BCUT2D eigenvalue weighted by Crippen LogP contribution is -2.50. The molecule has 20 heavy (non-hydrogen) atoms. The van der Waals surface area contributed by atoms with E-state index in [1.807, 2.05) is 23.6 Å². The number of carboxylic acid groups (broad SMARTS) is 1. The number of hydrogen-bond donors (Lipinski definition) is 1. The summed E-state index contributed by atoms with van der Waals surface area (Å²) in [6, 6.07) is 0.261. The first-order valence-corrected chi connectivity index (χ1v) is 7.75. The molecule has 5 nitrogen and oxygen atoms in total. The fraction of sp³-hybridized carbons (Fsp3) is 0.867. The zero-order valence-electron chi connectivity index (χ0n) is 13.0. The zero-order valence-corrected chi connectivity index (χ0v) is 13.0. The summed E-state index contributed by atoms with van der Waals surface area (Å²) in [5.74, 6) is -1.02. The molecule has 1 fully saturated rings. The van der Waals surface area contributed by atoms with Gasteiger partial charge in [-0.2, -0.15) is 0 Å². The molecular weight excluding hydrogens is 256 g/mol. The molecule has 0 aliphatic carbocycles. The van der Waals surface area contributed by atoms with Gasteiger partial charge in [-0.15, -0.1) is 0 Å². The summed E-state index contributed by atoms with van der Waals surface area (Å²) >= 11 is 0. The van der Waals surface area contributed by atoms with E-state index in [1.54, 1.807) is 0 Å². The van der Waals surface area contributed by atoms with Gasteiger partial charge >= 0.3 is 12.0 Å². The monoisotopic (exact) mass is 284 g/mol. The lowest BCUT2D eigenvalue weighted by atomic mass is 9.97. The first-order chi connectivity index (χ1) is 9.47. The normalized spacial score (nSPS) is 16.5. The van der Waals surface area contributed by atoms with E-state index in [0.717, 1.165) is 25.8 Å². The van der Waals surface area contributed by atoms with Gasteiger partial charge in [0.25, 0.3) is 0 Å². The van der Waals surface area contributed by atoms with Gasteiger partial charge < -0.3 is 14.9 Å². The lowest BCUT2D eigenvalue weighted by Gasteiger charge is -2.36. The Morgan fingerprint density at radius 1 is 1.25 bits per heavy atom. The van der Waals surface area contributed by atoms with E-state index in [0.29, 0.717) is 25.9 Å². The summed E-state index contributed by atoms with van der Waals surface area (Å²) in [6.45, 7) is 8.14. The van der Waals surface area contributed by atoms with Crippen molar-refractivity contribution in [2.24, 2.45) is 5.92 Å². The Morgan fingerprint density at radius 2 is 1.85 bits per heavy atom. The minimum absolute atomic E-state index is 0.0694. The second kappa shape index (κ2) is 8.12. The SMILES string of the molecule is CCCCCN(C(=O)N1CCC(C(=O)O)CC1)C(C)C. The van der Waals surface area contributed by atoms with Crippen LogP contribution < -0.4 is 0 Å². The number of carbonyl (C=O) groups is 2. The van der Waals surface area contributed by atoms with Crippen molar-refractivity contribution < 1.29 is 14.7 Å². The average Bonchev–Trinajstić information content (AvgIpc) is 2.42. The van der Waals surface area contributed by atoms with Crippen molar-refractivity contribution in [3.63, 3.8) is 0 Å². The molecule has 0 aromatic heterocycles. The Kier molecular flexibility index (Phi) is 6.82. The number of amides is 2. The number of likely N-dealkylation sites (tertiary alicyclic amines) is 1. The highest BCUT2D eigenvalue weighted by Gasteiger charge is 2.29. The van der Waals surface area contributed by atoms with Gasteiger partial charge in [-0.1, -0.05) is 19.8 Å². The Bertz CT molecular complexity index is 323. The first-order valence-electron chi connectivity index (χ1n) is 7.75. The third kappa shape index (κ3) is 4.69. The topological polar surface area (TPSA) is 60.9 Å². The molecule has 0 saturated carbocycles. The number of nitrogens with zero attached hydrogens (tertiary/aromatic N) is 2. The highest BCUT2D eigenvalue weighted by atomic mass is 16.4. The second-order valence-corrected chi connectivity index (χ2v) is 5.88. The minimum Gasteiger partial charge on any atom is -0.481 e. The van der Waals surface area contributed by atoms with E-state index in [2.05, 4.69) is 6.92 Å². The smallest absolute Gasteiger partial charge is 0.320 e. The summed E-state index contributed by atoms with van der Waals surface area (Å²) in [6.07, 6.45) is 4.46. The van der Waals surface area contributed by atoms with Crippen molar-refractivity contribution in [2.45, 2.75) is 58.9 Å². The van der Waals surface area contributed by atoms with Crippen molar-refractivity contribution in [2.75, 3.05) is 19.6 Å². The summed E-state index contributed by atoms with van der Waals surface area (Å²) in [5, 5.41) is 8.99. The molecule has 1 saturated heterocycles. The number of piperidine rings is 1. The van der Waals surface area contributed by atoms with Gasteiger partial charge in [0, 0.05) is 25.7 Å². The van der Waals surface area contributed by atoms with E-state index in [9.17, 15) is 9.59 Å². The van der Waals surface area contributed by atoms with Crippen molar-refractivity contribution in [1.29, 1.82) is 0 Å². The highest BCUT2D eigenvalue weighted by Crippen LogP contribution is 2.19. The van der Waals surface area contributed by atoms with Crippen LogP contribution >= 0.6 is 0 Å². The molecule has 0 bridgehead atoms. The van der Waals surface area contributed by atoms with Crippen molar-refractivity contribution in [1.82, 2.24) is 9.80 Å². The van der Waals surface area contributed by atoms with Gasteiger partial charge in [0.2, 0.25) is 0 Å². The van der Waals surface area contributed by atoms with Crippen molar-refractivity contribution >= 4 is 12.0 Å². The quantitative estimate of drug-likeness (QED) is 0.763. The van der Waals surface area contributed by atoms with Gasteiger partial charge in [0.05, 0.1) is 5.92 Å². The maximum Gasteiger partial charge on any atom is 0.320 e. The van der Waals surface area contributed by atoms with Crippen LogP contribution in [-0.4, -0.2) is 52.6 Å². The largest absolute Gasteiger partial charge is 0.481 e. The number of hydrogen-bond acceptors (Lipinski definition) is 2. The molecule has 0 unspecified atom stereocenters. The molecular formula is C15H28N2O3. The molecule has 2 amide bonds. The van der Waals surface area contributed by atoms with Crippen LogP contribution in [0.4, 0.5) is 4.79 Å². The molecule has 1 rings (SSSR count). The van der Waals surface area contributed by atoms with E-state index < -0.39 is 5.97 Å². The van der Waals surface area contributed by atoms with Crippen LogP contribution in [0.3, 0.4) is 0 Å². The van der Waals surface area contributed by atoms with Gasteiger partial charge in [-0.3, -0.25) is 4.79 Å². The molecule has 1 N–H and O–H groups in total. The Morgan fingerprint density at radius 3 is 2.30 bits per heavy atom.